The molecule has 3 heterocycles. The summed E-state index contributed by atoms with van der Waals surface area (Å²) in [5, 5.41) is 4.45. The van der Waals surface area contributed by atoms with Crippen LogP contribution in [0.5, 0.6) is 0 Å². The summed E-state index contributed by atoms with van der Waals surface area (Å²) in [6.45, 7) is 7.75. The first-order valence-corrected chi connectivity index (χ1v) is 16.7. The molecule has 2 aliphatic heterocycles. The number of fused-ring (bicyclic) bond motifs is 1. The van der Waals surface area contributed by atoms with Gasteiger partial charge < -0.3 is 24.3 Å². The van der Waals surface area contributed by atoms with Gasteiger partial charge in [0, 0.05) is 60.8 Å². The van der Waals surface area contributed by atoms with Crippen molar-refractivity contribution in [3.05, 3.63) is 63.8 Å². The molecule has 0 unspecified atom stereocenters. The van der Waals surface area contributed by atoms with Crippen molar-refractivity contribution in [3.8, 4) is 0 Å². The second-order valence-electron chi connectivity index (χ2n) is 13.9. The van der Waals surface area contributed by atoms with Gasteiger partial charge in [0.15, 0.2) is 0 Å². The van der Waals surface area contributed by atoms with Crippen LogP contribution in [0.4, 0.5) is 5.69 Å². The highest BCUT2D eigenvalue weighted by Crippen LogP contribution is 2.36. The van der Waals surface area contributed by atoms with Crippen LogP contribution in [0.1, 0.15) is 61.9 Å². The van der Waals surface area contributed by atoms with Crippen LogP contribution in [-0.2, 0) is 27.8 Å². The molecule has 2 aromatic carbocycles. The molecule has 1 aliphatic carbocycles. The lowest BCUT2D eigenvalue weighted by molar-refractivity contribution is -0.133. The highest BCUT2D eigenvalue weighted by atomic mass is 35.5. The number of nitrogens with one attached hydrogen (secondary N) is 1. The number of amides is 2. The number of aldehydes is 1. The Kier molecular flexibility index (Phi) is 9.31. The smallest absolute Gasteiger partial charge is 0.257 e. The van der Waals surface area contributed by atoms with Gasteiger partial charge in [-0.3, -0.25) is 14.5 Å². The van der Waals surface area contributed by atoms with Crippen molar-refractivity contribution in [1.29, 1.82) is 0 Å². The number of para-hydroxylation sites is 1. The highest BCUT2D eigenvalue weighted by molar-refractivity contribution is 6.36. The average molecular weight is 654 g/mol. The number of hydrogen-bond acceptors (Lipinski definition) is 5. The van der Waals surface area contributed by atoms with Crippen molar-refractivity contribution in [2.75, 3.05) is 31.6 Å². The van der Waals surface area contributed by atoms with E-state index in [2.05, 4.69) is 24.1 Å². The fourth-order valence-electron chi connectivity index (χ4n) is 7.37. The van der Waals surface area contributed by atoms with E-state index in [1.165, 1.54) is 0 Å². The van der Waals surface area contributed by atoms with Gasteiger partial charge in [-0.1, -0.05) is 55.2 Å². The summed E-state index contributed by atoms with van der Waals surface area (Å²) in [6, 6.07) is 11.3. The standard InChI is InChI=1S/C35H42Cl2N4O4/c1-35(2)20-40(21-35)24-14-25(19-45-26-10-8-22(18-42)9-11-26)41(16-24)33(43)13-23-12-30(37)31(15-29(23)36)38-34(44)28-17-39(3)32-7-5-4-6-27(28)32/h4-7,12,15,17-18,22,24-26H,8-11,13-14,16,19-21H2,1-3H3,(H,38,44)/t22?,24-,25-,26?/m0/s1. The molecule has 1 aromatic heterocycles. The van der Waals surface area contributed by atoms with Crippen molar-refractivity contribution in [2.24, 2.45) is 18.4 Å². The normalized spacial score (nSPS) is 24.9. The van der Waals surface area contributed by atoms with E-state index < -0.39 is 0 Å². The molecule has 3 fully saturated rings. The Balaban J connectivity index is 1.13. The predicted molar refractivity (Wildman–Crippen MR) is 178 cm³/mol. The van der Waals surface area contributed by atoms with Crippen molar-refractivity contribution in [1.82, 2.24) is 14.4 Å². The van der Waals surface area contributed by atoms with Gasteiger partial charge in [0.25, 0.3) is 5.91 Å². The number of carbonyl (C=O) groups is 3. The Morgan fingerprint density at radius 1 is 1.07 bits per heavy atom. The number of halogens is 2. The quantitative estimate of drug-likeness (QED) is 0.272. The first kappa shape index (κ1) is 32.0. The van der Waals surface area contributed by atoms with Crippen LogP contribution in [0.25, 0.3) is 10.9 Å². The third kappa shape index (κ3) is 6.94. The monoisotopic (exact) mass is 652 g/mol. The van der Waals surface area contributed by atoms with Gasteiger partial charge in [0.05, 0.1) is 41.4 Å². The summed E-state index contributed by atoms with van der Waals surface area (Å²) in [5.41, 5.74) is 2.81. The van der Waals surface area contributed by atoms with E-state index in [0.29, 0.717) is 51.5 Å². The van der Waals surface area contributed by atoms with Crippen LogP contribution in [0.2, 0.25) is 10.0 Å². The molecule has 1 saturated carbocycles. The number of likely N-dealkylation sites (tertiary alicyclic amines) is 2. The van der Waals surface area contributed by atoms with Gasteiger partial charge in [-0.2, -0.15) is 0 Å². The lowest BCUT2D eigenvalue weighted by atomic mass is 9.83. The van der Waals surface area contributed by atoms with Crippen LogP contribution in [-0.4, -0.2) is 76.9 Å². The number of rotatable bonds is 9. The Morgan fingerprint density at radius 3 is 2.51 bits per heavy atom. The minimum Gasteiger partial charge on any atom is -0.376 e. The lowest BCUT2D eigenvalue weighted by Gasteiger charge is -2.49. The second kappa shape index (κ2) is 13.1. The fourth-order valence-corrected chi connectivity index (χ4v) is 7.83. The van der Waals surface area contributed by atoms with Gasteiger partial charge >= 0.3 is 0 Å². The van der Waals surface area contributed by atoms with Gasteiger partial charge in [-0.25, -0.2) is 0 Å². The lowest BCUT2D eigenvalue weighted by Crippen LogP contribution is -2.57. The number of nitrogens with zero attached hydrogens (tertiary/aromatic N) is 3. The first-order valence-electron chi connectivity index (χ1n) is 15.9. The van der Waals surface area contributed by atoms with Gasteiger partial charge in [-0.15, -0.1) is 0 Å². The summed E-state index contributed by atoms with van der Waals surface area (Å²) < 4.78 is 8.27. The molecule has 0 spiro atoms. The molecule has 3 aliphatic rings. The summed E-state index contributed by atoms with van der Waals surface area (Å²) in [7, 11) is 1.90. The number of anilines is 1. The number of benzene rings is 2. The molecule has 1 N–H and O–H groups in total. The molecule has 10 heteroatoms. The van der Waals surface area contributed by atoms with E-state index >= 15 is 0 Å². The average Bonchev–Trinajstić information content (AvgIpc) is 3.59. The van der Waals surface area contributed by atoms with Crippen molar-refractivity contribution in [3.63, 3.8) is 0 Å². The van der Waals surface area contributed by atoms with Crippen molar-refractivity contribution >= 4 is 57.9 Å². The summed E-state index contributed by atoms with van der Waals surface area (Å²) in [6.07, 6.45) is 7.46. The number of hydrogen-bond donors (Lipinski definition) is 1. The summed E-state index contributed by atoms with van der Waals surface area (Å²) in [5.74, 6) is -0.155. The van der Waals surface area contributed by atoms with Crippen LogP contribution in [0.3, 0.4) is 0 Å². The molecular formula is C35H42Cl2N4O4. The maximum Gasteiger partial charge on any atom is 0.257 e. The van der Waals surface area contributed by atoms with Gasteiger partial charge in [0.1, 0.15) is 6.29 Å². The Morgan fingerprint density at radius 2 is 1.80 bits per heavy atom. The maximum atomic E-state index is 13.8. The number of aryl methyl sites for hydroxylation is 1. The minimum atomic E-state index is -0.284. The van der Waals surface area contributed by atoms with Crippen LogP contribution in [0.15, 0.2) is 42.6 Å². The molecular weight excluding hydrogens is 611 g/mol. The molecule has 2 saturated heterocycles. The van der Waals surface area contributed by atoms with Crippen molar-refractivity contribution in [2.45, 2.75) is 70.6 Å². The van der Waals surface area contributed by atoms with E-state index in [-0.39, 0.29) is 36.3 Å². The number of ether oxygens (including phenoxy) is 1. The molecule has 240 valence electrons. The molecule has 0 radical (unpaired) electrons. The second-order valence-corrected chi connectivity index (χ2v) is 14.7. The van der Waals surface area contributed by atoms with Crippen molar-refractivity contribution < 1.29 is 19.1 Å². The maximum absolute atomic E-state index is 13.8. The Hall–Kier alpha value is -2.91. The first-order chi connectivity index (χ1) is 21.5. The molecule has 6 rings (SSSR count). The molecule has 8 nitrogen and oxygen atoms in total. The predicted octanol–water partition coefficient (Wildman–Crippen LogP) is 6.37. The van der Waals surface area contributed by atoms with E-state index in [1.54, 1.807) is 18.3 Å². The van der Waals surface area contributed by atoms with E-state index in [1.807, 2.05) is 40.8 Å². The highest BCUT2D eigenvalue weighted by Gasteiger charge is 2.44. The molecule has 2 amide bonds. The van der Waals surface area contributed by atoms with Crippen LogP contribution >= 0.6 is 23.2 Å². The molecule has 3 aromatic rings. The van der Waals surface area contributed by atoms with Gasteiger partial charge in [-0.05, 0) is 61.3 Å². The fraction of sp³-hybridized carbons (Fsp3) is 0.514. The number of aromatic nitrogens is 1. The largest absolute Gasteiger partial charge is 0.376 e. The van der Waals surface area contributed by atoms with Crippen LogP contribution in [0, 0.1) is 11.3 Å². The number of carbonyl (C=O) groups excluding carboxylic acids is 3. The zero-order chi connectivity index (χ0) is 31.9. The SMILES string of the molecule is Cn1cc(C(=O)Nc2cc(Cl)c(CC(=O)N3C[C@@H](N4CC(C)(C)C4)C[C@H]3COC3CCC(C=O)CC3)cc2Cl)c2ccccc21. The van der Waals surface area contributed by atoms with Crippen LogP contribution < -0.4 is 5.32 Å². The summed E-state index contributed by atoms with van der Waals surface area (Å²) >= 11 is 13.4. The zero-order valence-electron chi connectivity index (χ0n) is 26.2. The Bertz CT molecular complexity index is 1590. The van der Waals surface area contributed by atoms with E-state index in [4.69, 9.17) is 27.9 Å². The molecule has 45 heavy (non-hydrogen) atoms. The third-order valence-electron chi connectivity index (χ3n) is 9.79. The molecule has 0 bridgehead atoms. The third-order valence-corrected chi connectivity index (χ3v) is 10.5. The van der Waals surface area contributed by atoms with E-state index in [0.717, 1.165) is 62.4 Å². The summed E-state index contributed by atoms with van der Waals surface area (Å²) in [4.78, 5) is 42.7. The topological polar surface area (TPSA) is 83.9 Å². The molecule has 2 atom stereocenters. The minimum absolute atomic E-state index is 0.0129. The zero-order valence-corrected chi connectivity index (χ0v) is 27.7. The van der Waals surface area contributed by atoms with Gasteiger partial charge in [0.2, 0.25) is 5.91 Å². The van der Waals surface area contributed by atoms with E-state index in [9.17, 15) is 14.4 Å². The Labute approximate surface area is 275 Å².